The summed E-state index contributed by atoms with van der Waals surface area (Å²) in [5.74, 6) is 0.198. The minimum atomic E-state index is 0.198. The van der Waals surface area contributed by atoms with E-state index < -0.39 is 0 Å². The van der Waals surface area contributed by atoms with Crippen molar-refractivity contribution in [2.24, 2.45) is 0 Å². The highest BCUT2D eigenvalue weighted by atomic mass is 16.2. The third kappa shape index (κ3) is 3.34. The van der Waals surface area contributed by atoms with Gasteiger partial charge in [-0.2, -0.15) is 0 Å². The normalized spacial score (nSPS) is 17.5. The van der Waals surface area contributed by atoms with Gasteiger partial charge in [0.25, 0.3) is 5.91 Å². The number of aromatic nitrogens is 1. The van der Waals surface area contributed by atoms with Crippen molar-refractivity contribution in [3.05, 3.63) is 71.0 Å². The highest BCUT2D eigenvalue weighted by Crippen LogP contribution is 2.38. The van der Waals surface area contributed by atoms with Gasteiger partial charge in [0.1, 0.15) is 0 Å². The smallest absolute Gasteiger partial charge is 0.257 e. The fraction of sp³-hybridized carbons (Fsp3) is 0.385. The summed E-state index contributed by atoms with van der Waals surface area (Å²) in [6, 6.07) is 15.2. The number of benzene rings is 2. The predicted octanol–water partition coefficient (Wildman–Crippen LogP) is 5.32. The molecule has 2 aliphatic rings. The Morgan fingerprint density at radius 2 is 1.80 bits per heavy atom. The summed E-state index contributed by atoms with van der Waals surface area (Å²) in [4.78, 5) is 22.5. The van der Waals surface area contributed by atoms with E-state index in [0.717, 1.165) is 36.2 Å². The minimum absolute atomic E-state index is 0.198. The lowest BCUT2D eigenvalue weighted by Gasteiger charge is -2.42. The number of anilines is 1. The molecule has 5 rings (SSSR count). The molecule has 0 unspecified atom stereocenters. The van der Waals surface area contributed by atoms with E-state index in [1.807, 2.05) is 13.1 Å². The summed E-state index contributed by atoms with van der Waals surface area (Å²) >= 11 is 0. The van der Waals surface area contributed by atoms with Crippen molar-refractivity contribution in [1.29, 1.82) is 0 Å². The van der Waals surface area contributed by atoms with Crippen LogP contribution in [0, 0.1) is 6.92 Å². The molecule has 0 saturated heterocycles. The van der Waals surface area contributed by atoms with Crippen molar-refractivity contribution in [1.82, 2.24) is 9.88 Å². The van der Waals surface area contributed by atoms with Crippen LogP contribution in [0.15, 0.2) is 48.7 Å². The second kappa shape index (κ2) is 7.75. The number of carbonyl (C=O) groups excluding carboxylic acids is 1. The van der Waals surface area contributed by atoms with Gasteiger partial charge in [0.15, 0.2) is 0 Å². The topological polar surface area (TPSA) is 36.4 Å². The molecule has 0 bridgehead atoms. The molecule has 2 aromatic carbocycles. The first-order valence-electron chi connectivity index (χ1n) is 11.1. The fourth-order valence-electron chi connectivity index (χ4n) is 5.17. The Hall–Kier alpha value is -2.88. The fourth-order valence-corrected chi connectivity index (χ4v) is 5.17. The summed E-state index contributed by atoms with van der Waals surface area (Å²) in [6.45, 7) is 2.69. The standard InChI is InChI=1S/C26H29N3O/c1-18-12-13-19(16-27-18)14-20-15-24-25(23-11-7-6-10-22(20)23)28(2)17-29(26(24)30)21-8-4-3-5-9-21/h6-7,10-13,15-16,21H,3-5,8-9,14,17H2,1-2H3. The second-order valence-electron chi connectivity index (χ2n) is 8.87. The Kier molecular flexibility index (Phi) is 4.93. The van der Waals surface area contributed by atoms with Gasteiger partial charge < -0.3 is 9.80 Å². The number of hydrogen-bond donors (Lipinski definition) is 0. The van der Waals surface area contributed by atoms with Crippen molar-refractivity contribution in [3.63, 3.8) is 0 Å². The van der Waals surface area contributed by atoms with Crippen molar-refractivity contribution < 1.29 is 4.79 Å². The van der Waals surface area contributed by atoms with Crippen LogP contribution >= 0.6 is 0 Å². The molecule has 1 saturated carbocycles. The van der Waals surface area contributed by atoms with Gasteiger partial charge >= 0.3 is 0 Å². The molecule has 0 N–H and O–H groups in total. The van der Waals surface area contributed by atoms with Gasteiger partial charge in [-0.1, -0.05) is 49.6 Å². The molecular formula is C26H29N3O. The van der Waals surface area contributed by atoms with Crippen molar-refractivity contribution in [3.8, 4) is 0 Å². The zero-order valence-corrected chi connectivity index (χ0v) is 17.9. The largest absolute Gasteiger partial charge is 0.356 e. The summed E-state index contributed by atoms with van der Waals surface area (Å²) in [7, 11) is 2.12. The van der Waals surface area contributed by atoms with Crippen LogP contribution in [-0.4, -0.2) is 35.5 Å². The van der Waals surface area contributed by atoms with E-state index in [2.05, 4.69) is 64.3 Å². The maximum Gasteiger partial charge on any atom is 0.257 e. The Morgan fingerprint density at radius 3 is 2.53 bits per heavy atom. The lowest BCUT2D eigenvalue weighted by atomic mass is 9.90. The van der Waals surface area contributed by atoms with Gasteiger partial charge in [-0.05, 0) is 54.8 Å². The molecule has 1 aliphatic carbocycles. The number of amides is 1. The number of fused-ring (bicyclic) bond motifs is 3. The molecular weight excluding hydrogens is 370 g/mol. The van der Waals surface area contributed by atoms with Crippen LogP contribution in [0.5, 0.6) is 0 Å². The molecule has 2 heterocycles. The SMILES string of the molecule is Cc1ccc(Cc2cc3c(c4ccccc24)N(C)CN(C2CCCCC2)C3=O)cn1. The number of hydrogen-bond acceptors (Lipinski definition) is 3. The molecule has 30 heavy (non-hydrogen) atoms. The van der Waals surface area contributed by atoms with Crippen LogP contribution in [0.2, 0.25) is 0 Å². The summed E-state index contributed by atoms with van der Waals surface area (Å²) in [5.41, 5.74) is 5.32. The highest BCUT2D eigenvalue weighted by molar-refractivity contribution is 6.11. The minimum Gasteiger partial charge on any atom is -0.356 e. The monoisotopic (exact) mass is 399 g/mol. The van der Waals surface area contributed by atoms with Crippen LogP contribution in [0.4, 0.5) is 5.69 Å². The molecule has 4 heteroatoms. The first-order chi connectivity index (χ1) is 14.6. The number of nitrogens with zero attached hydrogens (tertiary/aromatic N) is 3. The number of pyridine rings is 1. The maximum atomic E-state index is 13.6. The first kappa shape index (κ1) is 19.1. The van der Waals surface area contributed by atoms with Gasteiger partial charge in [0.05, 0.1) is 17.9 Å². The van der Waals surface area contributed by atoms with Gasteiger partial charge in [-0.15, -0.1) is 0 Å². The third-order valence-electron chi connectivity index (χ3n) is 6.72. The molecule has 0 atom stereocenters. The number of aryl methyl sites for hydroxylation is 1. The highest BCUT2D eigenvalue weighted by Gasteiger charge is 2.34. The predicted molar refractivity (Wildman–Crippen MR) is 122 cm³/mol. The van der Waals surface area contributed by atoms with E-state index in [1.54, 1.807) is 0 Å². The van der Waals surface area contributed by atoms with E-state index in [-0.39, 0.29) is 5.91 Å². The lowest BCUT2D eigenvalue weighted by molar-refractivity contribution is 0.0620. The molecule has 1 amide bonds. The molecule has 0 spiro atoms. The van der Waals surface area contributed by atoms with E-state index in [0.29, 0.717) is 12.7 Å². The second-order valence-corrected chi connectivity index (χ2v) is 8.87. The molecule has 0 radical (unpaired) electrons. The Labute approximate surface area is 178 Å². The summed E-state index contributed by atoms with van der Waals surface area (Å²) in [6.07, 6.45) is 8.75. The molecule has 1 fully saturated rings. The van der Waals surface area contributed by atoms with Crippen LogP contribution in [0.3, 0.4) is 0 Å². The lowest BCUT2D eigenvalue weighted by Crippen LogP contribution is -2.50. The summed E-state index contributed by atoms with van der Waals surface area (Å²) in [5, 5.41) is 2.40. The van der Waals surface area contributed by atoms with E-state index in [9.17, 15) is 4.79 Å². The Balaban J connectivity index is 1.60. The van der Waals surface area contributed by atoms with Crippen LogP contribution < -0.4 is 4.90 Å². The number of rotatable bonds is 3. The quantitative estimate of drug-likeness (QED) is 0.598. The third-order valence-corrected chi connectivity index (χ3v) is 6.72. The zero-order valence-electron chi connectivity index (χ0n) is 17.9. The van der Waals surface area contributed by atoms with Gasteiger partial charge in [0, 0.05) is 30.4 Å². The van der Waals surface area contributed by atoms with Crippen LogP contribution in [0.25, 0.3) is 10.8 Å². The van der Waals surface area contributed by atoms with E-state index in [4.69, 9.17) is 0 Å². The van der Waals surface area contributed by atoms with E-state index in [1.165, 1.54) is 41.2 Å². The van der Waals surface area contributed by atoms with E-state index >= 15 is 0 Å². The Morgan fingerprint density at radius 1 is 1.03 bits per heavy atom. The summed E-state index contributed by atoms with van der Waals surface area (Å²) < 4.78 is 0. The average molecular weight is 400 g/mol. The maximum absolute atomic E-state index is 13.6. The molecule has 3 aromatic rings. The van der Waals surface area contributed by atoms with Gasteiger partial charge in [-0.25, -0.2) is 0 Å². The van der Waals surface area contributed by atoms with Crippen molar-refractivity contribution in [2.45, 2.75) is 51.5 Å². The molecule has 1 aromatic heterocycles. The molecule has 1 aliphatic heterocycles. The number of carbonyl (C=O) groups is 1. The van der Waals surface area contributed by atoms with Crippen LogP contribution in [-0.2, 0) is 6.42 Å². The molecule has 154 valence electrons. The zero-order chi connectivity index (χ0) is 20.7. The van der Waals surface area contributed by atoms with Crippen LogP contribution in [0.1, 0.15) is 59.3 Å². The Bertz CT molecular complexity index is 1080. The van der Waals surface area contributed by atoms with Gasteiger partial charge in [-0.3, -0.25) is 9.78 Å². The molecule has 4 nitrogen and oxygen atoms in total. The van der Waals surface area contributed by atoms with Crippen molar-refractivity contribution >= 4 is 22.4 Å². The first-order valence-corrected chi connectivity index (χ1v) is 11.1. The average Bonchev–Trinajstić information content (AvgIpc) is 2.78. The van der Waals surface area contributed by atoms with Gasteiger partial charge in [0.2, 0.25) is 0 Å². The van der Waals surface area contributed by atoms with Crippen molar-refractivity contribution in [2.75, 3.05) is 18.6 Å².